The lowest BCUT2D eigenvalue weighted by Crippen LogP contribution is -2.28. The molecular weight excluding hydrogens is 771 g/mol. The number of furan rings is 1. The van der Waals surface area contributed by atoms with Crippen molar-refractivity contribution in [3.8, 4) is 22.3 Å². The van der Waals surface area contributed by atoms with Gasteiger partial charge in [-0.3, -0.25) is 0 Å². The van der Waals surface area contributed by atoms with E-state index in [0.717, 1.165) is 44.4 Å². The maximum absolute atomic E-state index is 6.81. The first-order chi connectivity index (χ1) is 30.8. The first-order valence-corrected chi connectivity index (χ1v) is 22.1. The Morgan fingerprint density at radius 3 is 1.85 bits per heavy atom. The molecule has 2 nitrogen and oxygen atoms in total. The highest BCUT2D eigenvalue weighted by atomic mass is 32.1. The minimum Gasteiger partial charge on any atom is -0.455 e. The van der Waals surface area contributed by atoms with E-state index in [-0.39, 0.29) is 0 Å². The predicted octanol–water partition coefficient (Wildman–Crippen LogP) is 16.6. The average Bonchev–Trinajstić information content (AvgIpc) is 4.01. The molecule has 2 aromatic heterocycles. The number of anilines is 3. The molecule has 0 atom stereocenters. The number of hydrogen-bond donors (Lipinski definition) is 0. The Labute approximate surface area is 363 Å². The van der Waals surface area contributed by atoms with Crippen LogP contribution in [0.15, 0.2) is 229 Å². The van der Waals surface area contributed by atoms with Crippen molar-refractivity contribution in [1.29, 1.82) is 0 Å². The fraction of sp³-hybridized carbons (Fsp3) is 0.0169. The standard InChI is InChI=1S/C59H37NOS/c1-3-19-40(20-4-1)59(41-21-5-2-6-22-41)49-28-12-9-25-46(49)55-50(59)29-16-30-51(55)60(42-35-33-39(34-36-42)44-27-15-18-38-17-7-8-23-43(38)44)52-37-48-45-24-10-13-31-53(45)61-57(48)56-47-26-11-14-32-54(47)62-58(52)56/h1-37H. The lowest BCUT2D eigenvalue weighted by atomic mass is 9.68. The third-order valence-corrected chi connectivity index (χ3v) is 14.3. The van der Waals surface area contributed by atoms with Crippen LogP contribution in [0.2, 0.25) is 0 Å². The maximum Gasteiger partial charge on any atom is 0.144 e. The van der Waals surface area contributed by atoms with Crippen LogP contribution in [-0.4, -0.2) is 0 Å². The van der Waals surface area contributed by atoms with E-state index in [0.29, 0.717) is 0 Å². The second kappa shape index (κ2) is 13.7. The number of para-hydroxylation sites is 1. The molecule has 0 spiro atoms. The summed E-state index contributed by atoms with van der Waals surface area (Å²) in [4.78, 5) is 2.54. The Morgan fingerprint density at radius 2 is 1.05 bits per heavy atom. The Kier molecular flexibility index (Phi) is 7.72. The van der Waals surface area contributed by atoms with E-state index in [1.165, 1.54) is 70.1 Å². The summed E-state index contributed by atoms with van der Waals surface area (Å²) in [5.74, 6) is 0. The summed E-state index contributed by atoms with van der Waals surface area (Å²) < 4.78 is 9.24. The minimum atomic E-state index is -0.536. The van der Waals surface area contributed by atoms with Crippen LogP contribution < -0.4 is 4.90 Å². The SMILES string of the molecule is c1ccc(C2(c3ccccc3)c3ccccc3-c3c(N(c4ccc(-c5cccc6ccccc56)cc4)c4cc5c6ccccc6oc5c5c4sc4ccccc45)cccc32)cc1. The number of benzene rings is 10. The predicted molar refractivity (Wildman–Crippen MR) is 262 cm³/mol. The van der Waals surface area contributed by atoms with E-state index < -0.39 is 5.41 Å². The molecule has 0 aliphatic heterocycles. The van der Waals surface area contributed by atoms with E-state index in [2.05, 4.69) is 229 Å². The fourth-order valence-corrected chi connectivity index (χ4v) is 11.8. The van der Waals surface area contributed by atoms with Gasteiger partial charge in [-0.25, -0.2) is 0 Å². The van der Waals surface area contributed by atoms with Crippen LogP contribution in [0.3, 0.4) is 0 Å². The molecule has 1 aliphatic rings. The second-order valence-electron chi connectivity index (χ2n) is 16.3. The molecule has 0 N–H and O–H groups in total. The quantitative estimate of drug-likeness (QED) is 0.166. The number of fused-ring (bicyclic) bond motifs is 11. The summed E-state index contributed by atoms with van der Waals surface area (Å²) in [6.07, 6.45) is 0. The van der Waals surface area contributed by atoms with Crippen LogP contribution in [0.1, 0.15) is 22.3 Å². The molecule has 0 saturated heterocycles. The van der Waals surface area contributed by atoms with Gasteiger partial charge in [0.15, 0.2) is 0 Å². The zero-order chi connectivity index (χ0) is 40.8. The van der Waals surface area contributed by atoms with Gasteiger partial charge in [-0.1, -0.05) is 188 Å². The zero-order valence-corrected chi connectivity index (χ0v) is 34.4. The van der Waals surface area contributed by atoms with E-state index in [4.69, 9.17) is 4.42 Å². The van der Waals surface area contributed by atoms with Crippen LogP contribution >= 0.6 is 11.3 Å². The summed E-state index contributed by atoms with van der Waals surface area (Å²) in [5, 5.41) is 7.08. The molecule has 290 valence electrons. The van der Waals surface area contributed by atoms with Gasteiger partial charge in [0, 0.05) is 37.5 Å². The lowest BCUT2D eigenvalue weighted by molar-refractivity contribution is 0.673. The molecular formula is C59H37NOS. The van der Waals surface area contributed by atoms with Gasteiger partial charge in [0.25, 0.3) is 0 Å². The van der Waals surface area contributed by atoms with Crippen LogP contribution in [0, 0.1) is 0 Å². The molecule has 10 aromatic carbocycles. The van der Waals surface area contributed by atoms with Crippen LogP contribution in [-0.2, 0) is 5.41 Å². The molecule has 2 heterocycles. The van der Waals surface area contributed by atoms with Crippen molar-refractivity contribution in [1.82, 2.24) is 0 Å². The van der Waals surface area contributed by atoms with Crippen molar-refractivity contribution in [2.45, 2.75) is 5.41 Å². The van der Waals surface area contributed by atoms with E-state index >= 15 is 0 Å². The van der Waals surface area contributed by atoms with Gasteiger partial charge in [-0.15, -0.1) is 11.3 Å². The number of hydrogen-bond acceptors (Lipinski definition) is 3. The highest BCUT2D eigenvalue weighted by molar-refractivity contribution is 7.26. The topological polar surface area (TPSA) is 16.4 Å². The lowest BCUT2D eigenvalue weighted by Gasteiger charge is -2.34. The van der Waals surface area contributed by atoms with Crippen molar-refractivity contribution in [3.63, 3.8) is 0 Å². The Balaban J connectivity index is 1.15. The summed E-state index contributed by atoms with van der Waals surface area (Å²) in [7, 11) is 0. The number of nitrogens with zero attached hydrogens (tertiary/aromatic N) is 1. The molecule has 62 heavy (non-hydrogen) atoms. The third-order valence-electron chi connectivity index (χ3n) is 13.1. The first kappa shape index (κ1) is 35.1. The highest BCUT2D eigenvalue weighted by Gasteiger charge is 2.47. The molecule has 0 unspecified atom stereocenters. The van der Waals surface area contributed by atoms with Gasteiger partial charge < -0.3 is 9.32 Å². The molecule has 3 heteroatoms. The third kappa shape index (κ3) is 4.97. The van der Waals surface area contributed by atoms with E-state index in [1.807, 2.05) is 11.3 Å². The van der Waals surface area contributed by atoms with Gasteiger partial charge >= 0.3 is 0 Å². The van der Waals surface area contributed by atoms with Crippen molar-refractivity contribution in [2.24, 2.45) is 0 Å². The first-order valence-electron chi connectivity index (χ1n) is 21.3. The maximum atomic E-state index is 6.81. The van der Waals surface area contributed by atoms with Crippen molar-refractivity contribution < 1.29 is 4.42 Å². The molecule has 12 aromatic rings. The van der Waals surface area contributed by atoms with Crippen molar-refractivity contribution in [3.05, 3.63) is 247 Å². The zero-order valence-electron chi connectivity index (χ0n) is 33.6. The van der Waals surface area contributed by atoms with Crippen molar-refractivity contribution in [2.75, 3.05) is 4.90 Å². The molecule has 1 aliphatic carbocycles. The monoisotopic (exact) mass is 807 g/mol. The molecule has 0 saturated carbocycles. The molecule has 0 bridgehead atoms. The number of rotatable bonds is 6. The van der Waals surface area contributed by atoms with Gasteiger partial charge in [0.1, 0.15) is 11.2 Å². The molecule has 0 amide bonds. The number of thiophene rings is 1. The Hall–Kier alpha value is -7.72. The summed E-state index contributed by atoms with van der Waals surface area (Å²) in [5.41, 5.74) is 14.6. The summed E-state index contributed by atoms with van der Waals surface area (Å²) in [6, 6.07) is 82.3. The Bertz CT molecular complexity index is 3650. The second-order valence-corrected chi connectivity index (χ2v) is 17.4. The summed E-state index contributed by atoms with van der Waals surface area (Å²) in [6.45, 7) is 0. The van der Waals surface area contributed by atoms with Gasteiger partial charge in [-0.05, 0) is 86.1 Å². The van der Waals surface area contributed by atoms with Crippen LogP contribution in [0.4, 0.5) is 17.1 Å². The van der Waals surface area contributed by atoms with E-state index in [9.17, 15) is 0 Å². The van der Waals surface area contributed by atoms with E-state index in [1.54, 1.807) is 0 Å². The fourth-order valence-electron chi connectivity index (χ4n) is 10.5. The highest BCUT2D eigenvalue weighted by Crippen LogP contribution is 2.60. The largest absolute Gasteiger partial charge is 0.455 e. The smallest absolute Gasteiger partial charge is 0.144 e. The molecule has 0 fully saturated rings. The van der Waals surface area contributed by atoms with Gasteiger partial charge in [-0.2, -0.15) is 0 Å². The molecule has 13 rings (SSSR count). The van der Waals surface area contributed by atoms with Crippen LogP contribution in [0.25, 0.3) is 75.1 Å². The van der Waals surface area contributed by atoms with Gasteiger partial charge in [0.05, 0.1) is 21.5 Å². The van der Waals surface area contributed by atoms with Gasteiger partial charge in [0.2, 0.25) is 0 Å². The average molecular weight is 808 g/mol. The Morgan fingerprint density at radius 1 is 0.435 bits per heavy atom. The summed E-state index contributed by atoms with van der Waals surface area (Å²) >= 11 is 1.84. The normalized spacial score (nSPS) is 13.0. The van der Waals surface area contributed by atoms with Crippen molar-refractivity contribution >= 4 is 81.3 Å². The minimum absolute atomic E-state index is 0.536. The molecule has 0 radical (unpaired) electrons. The van der Waals surface area contributed by atoms with Crippen LogP contribution in [0.5, 0.6) is 0 Å².